The highest BCUT2D eigenvalue weighted by Crippen LogP contribution is 2.39. The number of anilines is 1. The van der Waals surface area contributed by atoms with Crippen molar-refractivity contribution in [3.63, 3.8) is 0 Å². The van der Waals surface area contributed by atoms with Crippen molar-refractivity contribution in [1.82, 2.24) is 15.1 Å². The van der Waals surface area contributed by atoms with Crippen molar-refractivity contribution in [2.24, 2.45) is 0 Å². The van der Waals surface area contributed by atoms with E-state index in [0.29, 0.717) is 45.5 Å². The third kappa shape index (κ3) is 5.14. The molecule has 2 aliphatic rings. The van der Waals surface area contributed by atoms with E-state index in [2.05, 4.69) is 5.32 Å². The largest absolute Gasteiger partial charge is 0.385 e. The van der Waals surface area contributed by atoms with Crippen LogP contribution in [0.2, 0.25) is 0 Å². The molecule has 0 aromatic heterocycles. The van der Waals surface area contributed by atoms with Gasteiger partial charge in [-0.05, 0) is 43.5 Å². The second-order valence-corrected chi connectivity index (χ2v) is 8.91. The summed E-state index contributed by atoms with van der Waals surface area (Å²) in [6, 6.07) is 15.6. The van der Waals surface area contributed by atoms with Crippen molar-refractivity contribution in [2.75, 3.05) is 51.5 Å². The molecule has 35 heavy (non-hydrogen) atoms. The predicted molar refractivity (Wildman–Crippen MR) is 129 cm³/mol. The van der Waals surface area contributed by atoms with Gasteiger partial charge >= 0.3 is 0 Å². The fraction of sp³-hybridized carbons (Fsp3) is 0.423. The summed E-state index contributed by atoms with van der Waals surface area (Å²) >= 11 is 0. The molecule has 2 aromatic carbocycles. The van der Waals surface area contributed by atoms with Crippen LogP contribution < -0.4 is 10.2 Å². The third-order valence-corrected chi connectivity index (χ3v) is 6.75. The van der Waals surface area contributed by atoms with Gasteiger partial charge in [-0.15, -0.1) is 0 Å². The van der Waals surface area contributed by atoms with Crippen molar-refractivity contribution in [2.45, 2.75) is 24.8 Å². The lowest BCUT2D eigenvalue weighted by Gasteiger charge is -2.43. The zero-order chi connectivity index (χ0) is 24.8. The van der Waals surface area contributed by atoms with E-state index >= 15 is 0 Å². The molecule has 1 N–H and O–H groups in total. The number of hydrogen-bond donors (Lipinski definition) is 1. The van der Waals surface area contributed by atoms with E-state index in [0.717, 1.165) is 5.69 Å². The summed E-state index contributed by atoms with van der Waals surface area (Å²) in [5, 5.41) is 2.84. The van der Waals surface area contributed by atoms with Crippen LogP contribution in [0.5, 0.6) is 0 Å². The molecule has 0 radical (unpaired) electrons. The maximum Gasteiger partial charge on any atom is 0.256 e. The highest BCUT2D eigenvalue weighted by molar-refractivity contribution is 5.97. The fourth-order valence-corrected chi connectivity index (χ4v) is 4.88. The van der Waals surface area contributed by atoms with E-state index in [4.69, 9.17) is 4.74 Å². The minimum Gasteiger partial charge on any atom is -0.385 e. The Labute approximate surface area is 204 Å². The van der Waals surface area contributed by atoms with Gasteiger partial charge in [0, 0.05) is 39.0 Å². The average molecular weight is 483 g/mol. The van der Waals surface area contributed by atoms with Gasteiger partial charge in [0.05, 0.1) is 12.2 Å². The summed E-state index contributed by atoms with van der Waals surface area (Å²) in [4.78, 5) is 44.3. The molecule has 0 bridgehead atoms. The lowest BCUT2D eigenvalue weighted by atomic mass is 9.85. The van der Waals surface area contributed by atoms with E-state index in [-0.39, 0.29) is 36.5 Å². The molecule has 3 amide bonds. The van der Waals surface area contributed by atoms with Crippen molar-refractivity contribution in [1.29, 1.82) is 0 Å². The molecular formula is C26H31FN4O4. The van der Waals surface area contributed by atoms with Crippen molar-refractivity contribution in [3.8, 4) is 0 Å². The normalized spacial score (nSPS) is 17.2. The molecule has 2 aliphatic heterocycles. The van der Waals surface area contributed by atoms with E-state index in [1.165, 1.54) is 12.1 Å². The Hall–Kier alpha value is -3.46. The van der Waals surface area contributed by atoms with E-state index in [9.17, 15) is 18.8 Å². The molecule has 2 fully saturated rings. The number of halogens is 1. The van der Waals surface area contributed by atoms with Crippen LogP contribution in [-0.4, -0.2) is 79.6 Å². The van der Waals surface area contributed by atoms with Crippen LogP contribution in [0.15, 0.2) is 54.6 Å². The summed E-state index contributed by atoms with van der Waals surface area (Å²) < 4.78 is 19.2. The number of piperidine rings is 1. The van der Waals surface area contributed by atoms with E-state index in [1.807, 2.05) is 35.2 Å². The third-order valence-electron chi connectivity index (χ3n) is 6.75. The molecule has 4 rings (SSSR count). The SMILES string of the molecule is COCCCNC(=O)CN1CN(c2ccccc2)C2(CCN(C(=O)c3ccccc3F)CC2)C1=O. The molecule has 0 unspecified atom stereocenters. The number of nitrogens with zero attached hydrogens (tertiary/aromatic N) is 3. The number of likely N-dealkylation sites (tertiary alicyclic amines) is 1. The van der Waals surface area contributed by atoms with Gasteiger partial charge < -0.3 is 24.8 Å². The Morgan fingerprint density at radius 2 is 1.74 bits per heavy atom. The number of amides is 3. The number of ether oxygens (including phenoxy) is 1. The van der Waals surface area contributed by atoms with Crippen LogP contribution in [0, 0.1) is 5.82 Å². The Morgan fingerprint density at radius 3 is 2.43 bits per heavy atom. The van der Waals surface area contributed by atoms with Gasteiger partial charge in [0.25, 0.3) is 11.8 Å². The summed E-state index contributed by atoms with van der Waals surface area (Å²) in [6.07, 6.45) is 1.49. The standard InChI is InChI=1S/C26H31FN4O4/c1-35-17-7-14-28-23(32)18-30-19-31(20-8-3-2-4-9-20)26(25(30)34)12-15-29(16-13-26)24(33)21-10-5-6-11-22(21)27/h2-6,8-11H,7,12-19H2,1H3,(H,28,32). The van der Waals surface area contributed by atoms with E-state index < -0.39 is 11.4 Å². The molecule has 0 saturated carbocycles. The van der Waals surface area contributed by atoms with Gasteiger partial charge in [0.1, 0.15) is 17.9 Å². The van der Waals surface area contributed by atoms with Crippen LogP contribution >= 0.6 is 0 Å². The number of benzene rings is 2. The summed E-state index contributed by atoms with van der Waals surface area (Å²) in [7, 11) is 1.61. The van der Waals surface area contributed by atoms with Crippen molar-refractivity contribution in [3.05, 3.63) is 66.0 Å². The molecule has 2 aromatic rings. The van der Waals surface area contributed by atoms with E-state index in [1.54, 1.807) is 29.0 Å². The topological polar surface area (TPSA) is 82.2 Å². The zero-order valence-corrected chi connectivity index (χ0v) is 19.9. The Morgan fingerprint density at radius 1 is 1.06 bits per heavy atom. The van der Waals surface area contributed by atoms with Crippen LogP contribution in [0.3, 0.4) is 0 Å². The number of rotatable bonds is 8. The second-order valence-electron chi connectivity index (χ2n) is 8.91. The molecule has 2 saturated heterocycles. The summed E-state index contributed by atoms with van der Waals surface area (Å²) in [5.74, 6) is -1.26. The highest BCUT2D eigenvalue weighted by Gasteiger charge is 2.54. The Kier molecular flexibility index (Phi) is 7.65. The molecular weight excluding hydrogens is 451 g/mol. The van der Waals surface area contributed by atoms with Gasteiger partial charge in [-0.1, -0.05) is 30.3 Å². The van der Waals surface area contributed by atoms with Gasteiger partial charge in [-0.25, -0.2) is 4.39 Å². The molecule has 0 atom stereocenters. The van der Waals surface area contributed by atoms with Crippen molar-refractivity contribution >= 4 is 23.4 Å². The minimum atomic E-state index is -0.857. The first-order valence-corrected chi connectivity index (χ1v) is 11.9. The molecule has 2 heterocycles. The van der Waals surface area contributed by atoms with Gasteiger partial charge in [0.15, 0.2) is 0 Å². The van der Waals surface area contributed by atoms with Crippen LogP contribution in [0.25, 0.3) is 0 Å². The molecule has 0 aliphatic carbocycles. The maximum absolute atomic E-state index is 14.2. The number of nitrogens with one attached hydrogen (secondary N) is 1. The first-order valence-electron chi connectivity index (χ1n) is 11.9. The van der Waals surface area contributed by atoms with Crippen molar-refractivity contribution < 1.29 is 23.5 Å². The number of hydrogen-bond acceptors (Lipinski definition) is 5. The predicted octanol–water partition coefficient (Wildman–Crippen LogP) is 2.26. The van der Waals surface area contributed by atoms with Crippen LogP contribution in [-0.2, 0) is 14.3 Å². The molecule has 1 spiro atoms. The molecule has 186 valence electrons. The van der Waals surface area contributed by atoms with Crippen LogP contribution in [0.4, 0.5) is 10.1 Å². The number of methoxy groups -OCH3 is 1. The summed E-state index contributed by atoms with van der Waals surface area (Å²) in [5.41, 5.74) is 0.0644. The monoisotopic (exact) mass is 482 g/mol. The Balaban J connectivity index is 1.49. The lowest BCUT2D eigenvalue weighted by Crippen LogP contribution is -2.57. The average Bonchev–Trinajstić information content (AvgIpc) is 3.13. The maximum atomic E-state index is 14.2. The number of carbonyl (C=O) groups excluding carboxylic acids is 3. The minimum absolute atomic E-state index is 0.0330. The first-order chi connectivity index (χ1) is 17.0. The quantitative estimate of drug-likeness (QED) is 0.584. The zero-order valence-electron chi connectivity index (χ0n) is 19.9. The second kappa shape index (κ2) is 10.9. The van der Waals surface area contributed by atoms with Gasteiger partial charge in [-0.3, -0.25) is 14.4 Å². The first kappa shape index (κ1) is 24.7. The smallest absolute Gasteiger partial charge is 0.256 e. The Bertz CT molecular complexity index is 1060. The highest BCUT2D eigenvalue weighted by atomic mass is 19.1. The van der Waals surface area contributed by atoms with Crippen LogP contribution in [0.1, 0.15) is 29.6 Å². The number of para-hydroxylation sites is 1. The lowest BCUT2D eigenvalue weighted by molar-refractivity contribution is -0.137. The molecule has 9 heteroatoms. The van der Waals surface area contributed by atoms with Gasteiger partial charge in [-0.2, -0.15) is 0 Å². The summed E-state index contributed by atoms with van der Waals surface area (Å²) in [6.45, 7) is 1.92. The number of carbonyl (C=O) groups is 3. The van der Waals surface area contributed by atoms with Gasteiger partial charge in [0.2, 0.25) is 5.91 Å². The molecule has 8 nitrogen and oxygen atoms in total. The fourth-order valence-electron chi connectivity index (χ4n) is 4.88.